The van der Waals surface area contributed by atoms with E-state index < -0.39 is 11.6 Å². The van der Waals surface area contributed by atoms with Crippen LogP contribution < -0.4 is 9.64 Å². The van der Waals surface area contributed by atoms with Gasteiger partial charge in [0.25, 0.3) is 0 Å². The molecule has 0 saturated carbocycles. The van der Waals surface area contributed by atoms with E-state index in [2.05, 4.69) is 4.98 Å². The fourth-order valence-electron chi connectivity index (χ4n) is 1.82. The van der Waals surface area contributed by atoms with Gasteiger partial charge in [-0.3, -0.25) is 9.59 Å². The summed E-state index contributed by atoms with van der Waals surface area (Å²) in [7, 11) is 1.41. The maximum absolute atomic E-state index is 11.7. The molecule has 0 saturated heterocycles. The third kappa shape index (κ3) is 6.20. The maximum atomic E-state index is 11.7. The highest BCUT2D eigenvalue weighted by atomic mass is 16.6. The second-order valence-corrected chi connectivity index (χ2v) is 6.07. The van der Waals surface area contributed by atoms with E-state index in [1.54, 1.807) is 32.9 Å². The number of carbonyl (C=O) groups is 3. The van der Waals surface area contributed by atoms with Crippen molar-refractivity contribution in [1.29, 1.82) is 0 Å². The molecule has 7 nitrogen and oxygen atoms in total. The molecule has 24 heavy (non-hydrogen) atoms. The van der Waals surface area contributed by atoms with Crippen LogP contribution >= 0.6 is 0 Å². The van der Waals surface area contributed by atoms with E-state index in [4.69, 9.17) is 9.47 Å². The number of esters is 1. The lowest BCUT2D eigenvalue weighted by Gasteiger charge is -2.18. The Morgan fingerprint density at radius 1 is 1.29 bits per heavy atom. The van der Waals surface area contributed by atoms with E-state index in [0.717, 1.165) is 0 Å². The zero-order valence-electron chi connectivity index (χ0n) is 14.5. The van der Waals surface area contributed by atoms with Gasteiger partial charge in [0, 0.05) is 6.08 Å². The minimum atomic E-state index is -0.576. The number of anilines is 1. The van der Waals surface area contributed by atoms with Gasteiger partial charge in [-0.1, -0.05) is 0 Å². The average Bonchev–Trinajstić information content (AvgIpc) is 2.48. The molecule has 0 aromatic carbocycles. The Balaban J connectivity index is 2.99. The highest BCUT2D eigenvalue weighted by Crippen LogP contribution is 2.25. The van der Waals surface area contributed by atoms with E-state index in [1.807, 2.05) is 0 Å². The Kier molecular flexibility index (Phi) is 6.64. The molecule has 0 spiro atoms. The first-order valence-electron chi connectivity index (χ1n) is 7.33. The number of hydrogen-bond donors (Lipinski definition) is 0. The Morgan fingerprint density at radius 2 is 1.96 bits per heavy atom. The Labute approximate surface area is 141 Å². The van der Waals surface area contributed by atoms with Crippen molar-refractivity contribution < 1.29 is 23.9 Å². The second-order valence-electron chi connectivity index (χ2n) is 6.07. The van der Waals surface area contributed by atoms with Gasteiger partial charge in [0.05, 0.1) is 19.3 Å². The zero-order chi connectivity index (χ0) is 18.3. The summed E-state index contributed by atoms with van der Waals surface area (Å²) in [5.74, 6) is -0.480. The summed E-state index contributed by atoms with van der Waals surface area (Å²) < 4.78 is 10.3. The third-order valence-corrected chi connectivity index (χ3v) is 2.68. The predicted octanol–water partition coefficient (Wildman–Crippen LogP) is 2.00. The smallest absolute Gasteiger partial charge is 0.331 e. The number of hydrogen-bond acceptors (Lipinski definition) is 6. The minimum absolute atomic E-state index is 0.0748. The number of pyridine rings is 1. The highest BCUT2D eigenvalue weighted by molar-refractivity contribution is 5.90. The van der Waals surface area contributed by atoms with E-state index in [0.29, 0.717) is 17.8 Å². The molecule has 130 valence electrons. The van der Waals surface area contributed by atoms with Crippen LogP contribution in [-0.2, 0) is 19.1 Å². The number of Topliss-reactive ketones (excluding diaryl/α,β-unsaturated/α-hetero) is 1. The number of carbonyl (C=O) groups excluding carboxylic acids is 3. The van der Waals surface area contributed by atoms with Crippen molar-refractivity contribution in [3.8, 4) is 5.88 Å². The molecule has 0 aliphatic heterocycles. The number of aromatic nitrogens is 1. The Morgan fingerprint density at radius 3 is 2.46 bits per heavy atom. The normalized spacial score (nSPS) is 11.2. The Hall–Kier alpha value is -2.70. The van der Waals surface area contributed by atoms with Crippen LogP contribution in [-0.4, -0.2) is 42.4 Å². The first kappa shape index (κ1) is 19.3. The quantitative estimate of drug-likeness (QED) is 0.431. The van der Waals surface area contributed by atoms with Crippen LogP contribution in [0.4, 0.5) is 5.69 Å². The van der Waals surface area contributed by atoms with Crippen molar-refractivity contribution in [2.75, 3.05) is 18.6 Å². The lowest BCUT2D eigenvalue weighted by Crippen LogP contribution is -2.27. The molecule has 7 heteroatoms. The molecule has 0 atom stereocenters. The molecule has 0 aliphatic rings. The summed E-state index contributed by atoms with van der Waals surface area (Å²) >= 11 is 0. The minimum Gasteiger partial charge on any atom is -0.479 e. The molecule has 0 aliphatic carbocycles. The standard InChI is InChI=1S/C17H22N2O5/c1-12(21)10-19(11-20)14-8-6-13(18-16(14)23-5)7-9-15(22)24-17(2,3)4/h6-9,11H,10H2,1-5H3/b9-7+. The lowest BCUT2D eigenvalue weighted by atomic mass is 10.2. The zero-order valence-corrected chi connectivity index (χ0v) is 14.5. The van der Waals surface area contributed by atoms with E-state index in [-0.39, 0.29) is 18.2 Å². The van der Waals surface area contributed by atoms with Crippen LogP contribution in [0.5, 0.6) is 5.88 Å². The van der Waals surface area contributed by atoms with Crippen molar-refractivity contribution in [2.24, 2.45) is 0 Å². The molecule has 1 aromatic rings. The van der Waals surface area contributed by atoms with Gasteiger partial charge in [0.2, 0.25) is 12.3 Å². The Bertz CT molecular complexity index is 647. The van der Waals surface area contributed by atoms with Gasteiger partial charge < -0.3 is 14.4 Å². The molecule has 0 unspecified atom stereocenters. The predicted molar refractivity (Wildman–Crippen MR) is 89.8 cm³/mol. The molecule has 0 radical (unpaired) electrons. The molecule has 1 amide bonds. The van der Waals surface area contributed by atoms with Crippen molar-refractivity contribution in [3.63, 3.8) is 0 Å². The van der Waals surface area contributed by atoms with E-state index in [9.17, 15) is 14.4 Å². The molecule has 0 bridgehead atoms. The summed E-state index contributed by atoms with van der Waals surface area (Å²) in [5, 5.41) is 0. The number of amides is 1. The third-order valence-electron chi connectivity index (χ3n) is 2.68. The van der Waals surface area contributed by atoms with Crippen LogP contribution in [0.15, 0.2) is 18.2 Å². The second kappa shape index (κ2) is 8.24. The van der Waals surface area contributed by atoms with Gasteiger partial charge in [-0.05, 0) is 45.9 Å². The molecule has 1 aromatic heterocycles. The van der Waals surface area contributed by atoms with Crippen LogP contribution in [0.3, 0.4) is 0 Å². The van der Waals surface area contributed by atoms with Gasteiger partial charge in [0.1, 0.15) is 17.1 Å². The van der Waals surface area contributed by atoms with Crippen LogP contribution in [0.2, 0.25) is 0 Å². The SMILES string of the molecule is COc1nc(/C=C/C(=O)OC(C)(C)C)ccc1N(C=O)CC(C)=O. The van der Waals surface area contributed by atoms with Crippen LogP contribution in [0.1, 0.15) is 33.4 Å². The van der Waals surface area contributed by atoms with E-state index in [1.165, 1.54) is 31.1 Å². The number of ether oxygens (including phenoxy) is 2. The first-order valence-corrected chi connectivity index (χ1v) is 7.33. The first-order chi connectivity index (χ1) is 11.2. The highest BCUT2D eigenvalue weighted by Gasteiger charge is 2.16. The van der Waals surface area contributed by atoms with Crippen LogP contribution in [0, 0.1) is 0 Å². The van der Waals surface area contributed by atoms with Crippen molar-refractivity contribution in [3.05, 3.63) is 23.9 Å². The van der Waals surface area contributed by atoms with Crippen molar-refractivity contribution in [2.45, 2.75) is 33.3 Å². The van der Waals surface area contributed by atoms with Gasteiger partial charge >= 0.3 is 5.97 Å². The fraction of sp³-hybridized carbons (Fsp3) is 0.412. The van der Waals surface area contributed by atoms with E-state index >= 15 is 0 Å². The van der Waals surface area contributed by atoms with Crippen molar-refractivity contribution in [1.82, 2.24) is 4.98 Å². The summed E-state index contributed by atoms with van der Waals surface area (Å²) in [5.41, 5.74) is 0.250. The molecule has 0 fully saturated rings. The van der Waals surface area contributed by atoms with Gasteiger partial charge in [-0.15, -0.1) is 0 Å². The summed E-state index contributed by atoms with van der Waals surface area (Å²) in [4.78, 5) is 39.5. The van der Waals surface area contributed by atoms with Crippen molar-refractivity contribution >= 4 is 29.9 Å². The number of rotatable bonds is 7. The molecular weight excluding hydrogens is 312 g/mol. The molecular formula is C17H22N2O5. The fourth-order valence-corrected chi connectivity index (χ4v) is 1.82. The summed E-state index contributed by atoms with van der Waals surface area (Å²) in [6.45, 7) is 6.64. The largest absolute Gasteiger partial charge is 0.479 e. The number of ketones is 1. The topological polar surface area (TPSA) is 85.8 Å². The molecule has 1 heterocycles. The van der Waals surface area contributed by atoms with Gasteiger partial charge in [0.15, 0.2) is 0 Å². The van der Waals surface area contributed by atoms with Gasteiger partial charge in [-0.25, -0.2) is 9.78 Å². The maximum Gasteiger partial charge on any atom is 0.331 e. The summed E-state index contributed by atoms with van der Waals surface area (Å²) in [6.07, 6.45) is 3.29. The van der Waals surface area contributed by atoms with Crippen LogP contribution in [0.25, 0.3) is 6.08 Å². The number of methoxy groups -OCH3 is 1. The molecule has 1 rings (SSSR count). The lowest BCUT2D eigenvalue weighted by molar-refractivity contribution is -0.148. The molecule has 0 N–H and O–H groups in total. The number of nitrogens with zero attached hydrogens (tertiary/aromatic N) is 2. The average molecular weight is 334 g/mol. The summed E-state index contributed by atoms with van der Waals surface area (Å²) in [6, 6.07) is 3.20. The monoisotopic (exact) mass is 334 g/mol. The van der Waals surface area contributed by atoms with Gasteiger partial charge in [-0.2, -0.15) is 0 Å².